The lowest BCUT2D eigenvalue weighted by atomic mass is 9.77. The maximum Gasteiger partial charge on any atom is 0.168 e. The lowest BCUT2D eigenvalue weighted by Crippen LogP contribution is -2.32. The summed E-state index contributed by atoms with van der Waals surface area (Å²) in [5.41, 5.74) is 0.864. The third-order valence-corrected chi connectivity index (χ3v) is 3.40. The van der Waals surface area contributed by atoms with E-state index in [1.807, 2.05) is 19.2 Å². The molecule has 0 aromatic heterocycles. The number of nitrogens with one attached hydrogen (secondary N) is 1. The zero-order valence-corrected chi connectivity index (χ0v) is 12.0. The van der Waals surface area contributed by atoms with Gasteiger partial charge in [0.2, 0.25) is 0 Å². The highest BCUT2D eigenvalue weighted by Crippen LogP contribution is 2.31. The molecule has 1 rings (SSSR count). The van der Waals surface area contributed by atoms with E-state index in [0.29, 0.717) is 18.1 Å². The number of halogens is 1. The van der Waals surface area contributed by atoms with Crippen LogP contribution in [0.1, 0.15) is 26.3 Å². The van der Waals surface area contributed by atoms with Crippen molar-refractivity contribution >= 4 is 0 Å². The largest absolute Gasteiger partial charge is 0.494 e. The van der Waals surface area contributed by atoms with Gasteiger partial charge >= 0.3 is 0 Å². The van der Waals surface area contributed by atoms with Gasteiger partial charge in [0.05, 0.1) is 7.11 Å². The molecule has 3 heteroatoms. The van der Waals surface area contributed by atoms with Gasteiger partial charge in [-0.15, -0.1) is 0 Å². The van der Waals surface area contributed by atoms with E-state index in [0.717, 1.165) is 12.1 Å². The van der Waals surface area contributed by atoms with Crippen molar-refractivity contribution in [1.29, 1.82) is 0 Å². The molecule has 0 radical (unpaired) electrons. The number of benzene rings is 1. The molecule has 0 heterocycles. The van der Waals surface area contributed by atoms with E-state index >= 15 is 0 Å². The van der Waals surface area contributed by atoms with Crippen LogP contribution >= 0.6 is 0 Å². The van der Waals surface area contributed by atoms with Crippen molar-refractivity contribution in [3.05, 3.63) is 29.6 Å². The Morgan fingerprint density at radius 1 is 1.33 bits per heavy atom. The molecule has 1 atom stereocenters. The molecule has 0 saturated heterocycles. The van der Waals surface area contributed by atoms with Gasteiger partial charge in [-0.2, -0.15) is 0 Å². The molecule has 0 bridgehead atoms. The zero-order valence-electron chi connectivity index (χ0n) is 12.0. The predicted molar refractivity (Wildman–Crippen MR) is 73.5 cm³/mol. The average Bonchev–Trinajstić information content (AvgIpc) is 2.29. The summed E-state index contributed by atoms with van der Waals surface area (Å²) in [6, 6.07) is 5.34. The quantitative estimate of drug-likeness (QED) is 0.869. The SMILES string of the molecule is CNCC(Cc1cccc(OC)c1F)C(C)(C)C. The molecule has 0 spiro atoms. The molecule has 0 amide bonds. The van der Waals surface area contributed by atoms with Crippen molar-refractivity contribution in [3.63, 3.8) is 0 Å². The Bertz CT molecular complexity index is 385. The van der Waals surface area contributed by atoms with Crippen molar-refractivity contribution in [3.8, 4) is 5.75 Å². The Labute approximate surface area is 110 Å². The normalized spacial score (nSPS) is 13.4. The minimum Gasteiger partial charge on any atom is -0.494 e. The maximum atomic E-state index is 14.1. The summed E-state index contributed by atoms with van der Waals surface area (Å²) >= 11 is 0. The summed E-state index contributed by atoms with van der Waals surface area (Å²) in [6.45, 7) is 7.44. The van der Waals surface area contributed by atoms with Crippen molar-refractivity contribution in [2.45, 2.75) is 27.2 Å². The third-order valence-electron chi connectivity index (χ3n) is 3.40. The fraction of sp³-hybridized carbons (Fsp3) is 0.600. The van der Waals surface area contributed by atoms with Gasteiger partial charge in [0, 0.05) is 0 Å². The van der Waals surface area contributed by atoms with Crippen molar-refractivity contribution in [1.82, 2.24) is 5.32 Å². The summed E-state index contributed by atoms with van der Waals surface area (Å²) in [6.07, 6.45) is 0.716. The molecule has 1 unspecified atom stereocenters. The van der Waals surface area contributed by atoms with E-state index in [1.54, 1.807) is 6.07 Å². The monoisotopic (exact) mass is 253 g/mol. The summed E-state index contributed by atoms with van der Waals surface area (Å²) in [5, 5.41) is 3.19. The molecule has 18 heavy (non-hydrogen) atoms. The van der Waals surface area contributed by atoms with E-state index in [1.165, 1.54) is 7.11 Å². The molecule has 0 aliphatic carbocycles. The molecule has 1 aromatic carbocycles. The van der Waals surface area contributed by atoms with E-state index in [9.17, 15) is 4.39 Å². The smallest absolute Gasteiger partial charge is 0.168 e. The van der Waals surface area contributed by atoms with Crippen LogP contribution in [0.15, 0.2) is 18.2 Å². The molecule has 102 valence electrons. The molecule has 0 saturated carbocycles. The highest BCUT2D eigenvalue weighted by molar-refractivity contribution is 5.31. The first-order valence-corrected chi connectivity index (χ1v) is 6.36. The summed E-state index contributed by atoms with van der Waals surface area (Å²) in [7, 11) is 3.43. The zero-order chi connectivity index (χ0) is 13.8. The molecule has 1 N–H and O–H groups in total. The highest BCUT2D eigenvalue weighted by atomic mass is 19.1. The minimum atomic E-state index is -0.231. The molecular formula is C15H24FNO. The van der Waals surface area contributed by atoms with Crippen LogP contribution in [-0.2, 0) is 6.42 Å². The molecule has 0 aliphatic heterocycles. The van der Waals surface area contributed by atoms with Crippen LogP contribution in [0.3, 0.4) is 0 Å². The third kappa shape index (κ3) is 3.70. The van der Waals surface area contributed by atoms with Crippen molar-refractivity contribution < 1.29 is 9.13 Å². The molecule has 0 fully saturated rings. The Morgan fingerprint density at radius 3 is 2.50 bits per heavy atom. The van der Waals surface area contributed by atoms with Gasteiger partial charge in [-0.25, -0.2) is 4.39 Å². The second kappa shape index (κ2) is 6.19. The van der Waals surface area contributed by atoms with Crippen LogP contribution in [0.4, 0.5) is 4.39 Å². The first kappa shape index (κ1) is 15.0. The van der Waals surface area contributed by atoms with Gasteiger partial charge < -0.3 is 10.1 Å². The average molecular weight is 253 g/mol. The number of hydrogen-bond acceptors (Lipinski definition) is 2. The maximum absolute atomic E-state index is 14.1. The summed E-state index contributed by atoms with van der Waals surface area (Å²) < 4.78 is 19.1. The minimum absolute atomic E-state index is 0.137. The van der Waals surface area contributed by atoms with Crippen molar-refractivity contribution in [2.24, 2.45) is 11.3 Å². The lowest BCUT2D eigenvalue weighted by molar-refractivity contribution is 0.232. The Hall–Kier alpha value is -1.09. The van der Waals surface area contributed by atoms with Gasteiger partial charge in [0.25, 0.3) is 0 Å². The molecule has 0 aliphatic rings. The second-order valence-corrected chi connectivity index (χ2v) is 5.76. The van der Waals surface area contributed by atoms with Crippen LogP contribution < -0.4 is 10.1 Å². The van der Waals surface area contributed by atoms with E-state index < -0.39 is 0 Å². The summed E-state index contributed by atoms with van der Waals surface area (Å²) in [4.78, 5) is 0. The number of rotatable bonds is 5. The number of ether oxygens (including phenoxy) is 1. The van der Waals surface area contributed by atoms with Crippen LogP contribution in [-0.4, -0.2) is 20.7 Å². The van der Waals surface area contributed by atoms with E-state index in [4.69, 9.17) is 4.74 Å². The Kier molecular flexibility index (Phi) is 5.15. The van der Waals surface area contributed by atoms with Gasteiger partial charge in [0.15, 0.2) is 11.6 Å². The number of hydrogen-bond donors (Lipinski definition) is 1. The Balaban J connectivity index is 2.94. The highest BCUT2D eigenvalue weighted by Gasteiger charge is 2.25. The first-order chi connectivity index (χ1) is 8.40. The first-order valence-electron chi connectivity index (χ1n) is 6.36. The topological polar surface area (TPSA) is 21.3 Å². The molecular weight excluding hydrogens is 229 g/mol. The Morgan fingerprint density at radius 2 is 2.00 bits per heavy atom. The molecule has 2 nitrogen and oxygen atoms in total. The number of methoxy groups -OCH3 is 1. The standard InChI is InChI=1S/C15H24FNO/c1-15(2,3)12(10-17-4)9-11-7-6-8-13(18-5)14(11)16/h6-8,12,17H,9-10H2,1-5H3. The van der Waals surface area contributed by atoms with Crippen LogP contribution in [0.25, 0.3) is 0 Å². The van der Waals surface area contributed by atoms with Gasteiger partial charge in [0.1, 0.15) is 0 Å². The van der Waals surface area contributed by atoms with Gasteiger partial charge in [-0.3, -0.25) is 0 Å². The van der Waals surface area contributed by atoms with Gasteiger partial charge in [-0.05, 0) is 43.0 Å². The van der Waals surface area contributed by atoms with Crippen LogP contribution in [0.2, 0.25) is 0 Å². The fourth-order valence-corrected chi connectivity index (χ4v) is 2.07. The van der Waals surface area contributed by atoms with Crippen LogP contribution in [0, 0.1) is 17.2 Å². The summed E-state index contributed by atoms with van der Waals surface area (Å²) in [5.74, 6) is 0.471. The lowest BCUT2D eigenvalue weighted by Gasteiger charge is -2.31. The van der Waals surface area contributed by atoms with E-state index in [2.05, 4.69) is 26.1 Å². The van der Waals surface area contributed by atoms with Crippen molar-refractivity contribution in [2.75, 3.05) is 20.7 Å². The van der Waals surface area contributed by atoms with E-state index in [-0.39, 0.29) is 11.2 Å². The predicted octanol–water partition coefficient (Wildman–Crippen LogP) is 3.26. The second-order valence-electron chi connectivity index (χ2n) is 5.76. The van der Waals surface area contributed by atoms with Gasteiger partial charge in [-0.1, -0.05) is 32.9 Å². The molecule has 1 aromatic rings. The fourth-order valence-electron chi connectivity index (χ4n) is 2.07. The van der Waals surface area contributed by atoms with Crippen LogP contribution in [0.5, 0.6) is 5.75 Å².